The van der Waals surface area contributed by atoms with Crippen LogP contribution in [0.15, 0.2) is 30.3 Å². The van der Waals surface area contributed by atoms with E-state index < -0.39 is 24.0 Å². The maximum atomic E-state index is 12.2. The zero-order valence-corrected chi connectivity index (χ0v) is 12.4. The number of rotatable bonds is 3. The molecular formula is C16H21NO5. The van der Waals surface area contributed by atoms with E-state index in [1.165, 1.54) is 0 Å². The van der Waals surface area contributed by atoms with Gasteiger partial charge >= 0.3 is 11.9 Å². The molecule has 2 heterocycles. The lowest BCUT2D eigenvalue weighted by atomic mass is 9.87. The highest BCUT2D eigenvalue weighted by Crippen LogP contribution is 2.39. The van der Waals surface area contributed by atoms with Gasteiger partial charge in [-0.05, 0) is 32.0 Å². The van der Waals surface area contributed by atoms with E-state index in [9.17, 15) is 14.7 Å². The molecule has 2 saturated heterocycles. The first kappa shape index (κ1) is 16.5. The summed E-state index contributed by atoms with van der Waals surface area (Å²) in [6, 6.07) is 9.01. The van der Waals surface area contributed by atoms with Gasteiger partial charge in [0.2, 0.25) is 0 Å². The predicted octanol–water partition coefficient (Wildman–Crippen LogP) is 0.955. The van der Waals surface area contributed by atoms with Crippen LogP contribution in [-0.2, 0) is 9.53 Å². The minimum atomic E-state index is -0.877. The molecule has 6 nitrogen and oxygen atoms in total. The summed E-state index contributed by atoms with van der Waals surface area (Å²) in [6.45, 7) is 0. The van der Waals surface area contributed by atoms with Gasteiger partial charge in [0.15, 0.2) is 0 Å². The number of esters is 1. The molecule has 4 atom stereocenters. The molecule has 0 radical (unpaired) electrons. The van der Waals surface area contributed by atoms with Crippen molar-refractivity contribution in [3.63, 3.8) is 0 Å². The topological polar surface area (TPSA) is 98.3 Å². The molecule has 3 rings (SSSR count). The third kappa shape index (κ3) is 2.84. The number of hydrogen-bond donors (Lipinski definition) is 1. The molecule has 0 saturated carbocycles. The van der Waals surface area contributed by atoms with Gasteiger partial charge in [-0.15, -0.1) is 0 Å². The predicted molar refractivity (Wildman–Crippen MR) is 79.6 cm³/mol. The minimum absolute atomic E-state index is 0. The van der Waals surface area contributed by atoms with E-state index in [2.05, 4.69) is 4.90 Å². The van der Waals surface area contributed by atoms with Crippen LogP contribution >= 0.6 is 0 Å². The number of aliphatic carboxylic acids is 1. The van der Waals surface area contributed by atoms with Crippen LogP contribution in [0.2, 0.25) is 0 Å². The van der Waals surface area contributed by atoms with Crippen molar-refractivity contribution < 1.29 is 24.9 Å². The van der Waals surface area contributed by atoms with Crippen molar-refractivity contribution in [2.24, 2.45) is 5.92 Å². The van der Waals surface area contributed by atoms with E-state index in [0.29, 0.717) is 18.0 Å². The van der Waals surface area contributed by atoms with E-state index >= 15 is 0 Å². The Morgan fingerprint density at radius 3 is 2.55 bits per heavy atom. The van der Waals surface area contributed by atoms with Crippen molar-refractivity contribution in [2.45, 2.75) is 37.5 Å². The number of piperidine rings is 1. The first-order chi connectivity index (χ1) is 10.1. The third-order valence-corrected chi connectivity index (χ3v) is 4.77. The van der Waals surface area contributed by atoms with Gasteiger partial charge in [0.1, 0.15) is 12.0 Å². The summed E-state index contributed by atoms with van der Waals surface area (Å²) >= 11 is 0. The van der Waals surface area contributed by atoms with Crippen LogP contribution in [-0.4, -0.2) is 52.7 Å². The highest BCUT2D eigenvalue weighted by molar-refractivity contribution is 5.89. The average Bonchev–Trinajstić information content (AvgIpc) is 2.72. The number of carbonyl (C=O) groups is 2. The van der Waals surface area contributed by atoms with Gasteiger partial charge in [-0.25, -0.2) is 4.79 Å². The lowest BCUT2D eigenvalue weighted by molar-refractivity contribution is -0.152. The second kappa shape index (κ2) is 6.46. The summed E-state index contributed by atoms with van der Waals surface area (Å²) in [7, 11) is 1.97. The first-order valence-electron chi connectivity index (χ1n) is 7.28. The Bertz CT molecular complexity index is 547. The van der Waals surface area contributed by atoms with Gasteiger partial charge in [-0.1, -0.05) is 18.2 Å². The molecule has 2 aliphatic heterocycles. The van der Waals surface area contributed by atoms with E-state index in [0.717, 1.165) is 12.8 Å². The number of ether oxygens (including phenoxy) is 1. The molecule has 6 heteroatoms. The zero-order chi connectivity index (χ0) is 15.0. The van der Waals surface area contributed by atoms with Gasteiger partial charge in [0.25, 0.3) is 0 Å². The van der Waals surface area contributed by atoms with Crippen LogP contribution < -0.4 is 0 Å². The summed E-state index contributed by atoms with van der Waals surface area (Å²) in [5.41, 5.74) is 0.466. The molecule has 0 aromatic heterocycles. The molecule has 1 aromatic carbocycles. The molecule has 22 heavy (non-hydrogen) atoms. The van der Waals surface area contributed by atoms with Crippen molar-refractivity contribution in [1.29, 1.82) is 0 Å². The van der Waals surface area contributed by atoms with Gasteiger partial charge in [0, 0.05) is 18.5 Å². The third-order valence-electron chi connectivity index (χ3n) is 4.77. The number of nitrogens with zero attached hydrogens (tertiary/aromatic N) is 1. The summed E-state index contributed by atoms with van der Waals surface area (Å²) < 4.78 is 5.53. The monoisotopic (exact) mass is 307 g/mol. The van der Waals surface area contributed by atoms with Crippen LogP contribution in [0.1, 0.15) is 29.6 Å². The lowest BCUT2D eigenvalue weighted by Crippen LogP contribution is -2.53. The fourth-order valence-electron chi connectivity index (χ4n) is 3.65. The van der Waals surface area contributed by atoms with Crippen molar-refractivity contribution in [2.75, 3.05) is 7.05 Å². The Balaban J connectivity index is 0.00000176. The normalized spacial score (nSPS) is 30.4. The van der Waals surface area contributed by atoms with Crippen molar-refractivity contribution in [3.05, 3.63) is 35.9 Å². The van der Waals surface area contributed by atoms with Gasteiger partial charge in [0.05, 0.1) is 5.56 Å². The maximum absolute atomic E-state index is 12.2. The SMILES string of the molecule is CN1C2CCC1C(C(=O)O)C(OC(=O)c1ccccc1)C2.O. The minimum Gasteiger partial charge on any atom is -0.481 e. The Labute approximate surface area is 129 Å². The van der Waals surface area contributed by atoms with E-state index in [1.54, 1.807) is 24.3 Å². The number of benzene rings is 1. The first-order valence-corrected chi connectivity index (χ1v) is 7.28. The quantitative estimate of drug-likeness (QED) is 0.838. The van der Waals surface area contributed by atoms with E-state index in [-0.39, 0.29) is 11.5 Å². The molecule has 2 fully saturated rings. The molecule has 2 bridgehead atoms. The molecule has 3 N–H and O–H groups in total. The van der Waals surface area contributed by atoms with E-state index in [1.807, 2.05) is 13.1 Å². The van der Waals surface area contributed by atoms with Crippen molar-refractivity contribution in [1.82, 2.24) is 4.90 Å². The molecule has 120 valence electrons. The Hall–Kier alpha value is -1.92. The summed E-state index contributed by atoms with van der Waals surface area (Å²) in [5, 5.41) is 9.51. The number of carboxylic acids is 1. The number of carbonyl (C=O) groups excluding carboxylic acids is 1. The Kier molecular flexibility index (Phi) is 4.83. The molecule has 0 aliphatic carbocycles. The highest BCUT2D eigenvalue weighted by atomic mass is 16.5. The summed E-state index contributed by atoms with van der Waals surface area (Å²) in [6.07, 6.45) is 1.90. The second-order valence-corrected chi connectivity index (χ2v) is 5.87. The fourth-order valence-corrected chi connectivity index (χ4v) is 3.65. The average molecular weight is 307 g/mol. The van der Waals surface area contributed by atoms with Crippen LogP contribution in [0, 0.1) is 5.92 Å². The zero-order valence-electron chi connectivity index (χ0n) is 12.4. The van der Waals surface area contributed by atoms with Crippen molar-refractivity contribution >= 4 is 11.9 Å². The van der Waals surface area contributed by atoms with E-state index in [4.69, 9.17) is 4.74 Å². The fraction of sp³-hybridized carbons (Fsp3) is 0.500. The van der Waals surface area contributed by atoms with Crippen LogP contribution in [0.3, 0.4) is 0 Å². The standard InChI is InChI=1S/C16H19NO4.H2O/c1-17-11-7-8-12(17)14(15(18)19)13(9-11)21-16(20)10-5-3-2-4-6-10;/h2-6,11-14H,7-9H2,1H3,(H,18,19);1H2. The molecule has 2 aliphatic rings. The largest absolute Gasteiger partial charge is 0.481 e. The Morgan fingerprint density at radius 1 is 1.23 bits per heavy atom. The second-order valence-electron chi connectivity index (χ2n) is 5.87. The van der Waals surface area contributed by atoms with Crippen LogP contribution in [0.5, 0.6) is 0 Å². The molecule has 0 amide bonds. The van der Waals surface area contributed by atoms with Crippen LogP contribution in [0.25, 0.3) is 0 Å². The molecule has 0 spiro atoms. The summed E-state index contributed by atoms with van der Waals surface area (Å²) in [5.74, 6) is -1.95. The van der Waals surface area contributed by atoms with Gasteiger partial charge in [-0.3, -0.25) is 9.69 Å². The highest BCUT2D eigenvalue weighted by Gasteiger charge is 2.50. The van der Waals surface area contributed by atoms with Gasteiger partial charge < -0.3 is 15.3 Å². The molecule has 4 unspecified atom stereocenters. The lowest BCUT2D eigenvalue weighted by Gasteiger charge is -2.40. The molecule has 1 aromatic rings. The van der Waals surface area contributed by atoms with Crippen LogP contribution in [0.4, 0.5) is 0 Å². The maximum Gasteiger partial charge on any atom is 0.338 e. The smallest absolute Gasteiger partial charge is 0.338 e. The summed E-state index contributed by atoms with van der Waals surface area (Å²) in [4.78, 5) is 25.9. The van der Waals surface area contributed by atoms with Crippen molar-refractivity contribution in [3.8, 4) is 0 Å². The number of fused-ring (bicyclic) bond motifs is 2. The van der Waals surface area contributed by atoms with Gasteiger partial charge in [-0.2, -0.15) is 0 Å². The number of carboxylic acid groups (broad SMARTS) is 1. The Morgan fingerprint density at radius 2 is 1.91 bits per heavy atom. The molecular weight excluding hydrogens is 286 g/mol. The number of hydrogen-bond acceptors (Lipinski definition) is 4.